The molecule has 1 N–H and O–H groups in total. The maximum atomic E-state index is 12.4. The van der Waals surface area contributed by atoms with Crippen LogP contribution < -0.4 is 5.32 Å². The zero-order valence-electron chi connectivity index (χ0n) is 11.1. The van der Waals surface area contributed by atoms with Crippen molar-refractivity contribution in [2.45, 2.75) is 30.7 Å². The maximum Gasteiger partial charge on any atom is 0.248 e. The third-order valence-corrected chi connectivity index (χ3v) is 5.58. The summed E-state index contributed by atoms with van der Waals surface area (Å²) in [5.41, 5.74) is 0.660. The van der Waals surface area contributed by atoms with Crippen LogP contribution in [0.1, 0.15) is 19.8 Å². The number of halogens is 1. The fourth-order valence-electron chi connectivity index (χ4n) is 2.81. The molecule has 0 aliphatic carbocycles. The van der Waals surface area contributed by atoms with E-state index in [4.69, 9.17) is 11.6 Å². The van der Waals surface area contributed by atoms with Gasteiger partial charge in [-0.3, -0.25) is 9.59 Å². The highest BCUT2D eigenvalue weighted by molar-refractivity contribution is 8.01. The minimum atomic E-state index is -0.390. The summed E-state index contributed by atoms with van der Waals surface area (Å²) in [6.07, 6.45) is 1.35. The van der Waals surface area contributed by atoms with Crippen molar-refractivity contribution < 1.29 is 9.59 Å². The first kappa shape index (κ1) is 13.8. The van der Waals surface area contributed by atoms with Crippen LogP contribution >= 0.6 is 23.4 Å². The number of rotatable bonds is 2. The Morgan fingerprint density at radius 1 is 1.55 bits per heavy atom. The summed E-state index contributed by atoms with van der Waals surface area (Å²) < 4.78 is 0. The molecule has 2 atom stereocenters. The average Bonchev–Trinajstić information content (AvgIpc) is 2.87. The summed E-state index contributed by atoms with van der Waals surface area (Å²) in [6.45, 7) is 2.04. The number of amides is 2. The number of carbonyl (C=O) groups excluding carboxylic acids is 2. The van der Waals surface area contributed by atoms with E-state index in [0.717, 1.165) is 6.42 Å². The largest absolute Gasteiger partial charge is 0.324 e. The molecule has 2 saturated heterocycles. The van der Waals surface area contributed by atoms with E-state index in [-0.39, 0.29) is 22.7 Å². The molecule has 0 radical (unpaired) electrons. The number of hydrogen-bond acceptors (Lipinski definition) is 3. The lowest BCUT2D eigenvalue weighted by Crippen LogP contribution is -2.48. The molecule has 0 saturated carbocycles. The van der Waals surface area contributed by atoms with Gasteiger partial charge in [0.1, 0.15) is 6.04 Å². The molecule has 106 valence electrons. The molecule has 1 aromatic carbocycles. The monoisotopic (exact) mass is 310 g/mol. The zero-order chi connectivity index (χ0) is 14.3. The number of thioether (sulfide) groups is 1. The first-order chi connectivity index (χ1) is 9.49. The van der Waals surface area contributed by atoms with Gasteiger partial charge in [-0.15, -0.1) is 11.8 Å². The Morgan fingerprint density at radius 2 is 2.35 bits per heavy atom. The molecule has 0 unspecified atom stereocenters. The van der Waals surface area contributed by atoms with E-state index < -0.39 is 0 Å². The maximum absolute atomic E-state index is 12.4. The molecule has 3 rings (SSSR count). The predicted octanol–water partition coefficient (Wildman–Crippen LogP) is 2.73. The molecule has 2 fully saturated rings. The average molecular weight is 311 g/mol. The van der Waals surface area contributed by atoms with Crippen molar-refractivity contribution in [3.63, 3.8) is 0 Å². The summed E-state index contributed by atoms with van der Waals surface area (Å²) in [5.74, 6) is 0.580. The molecule has 2 amide bonds. The normalized spacial score (nSPS) is 28.6. The van der Waals surface area contributed by atoms with Crippen LogP contribution in [-0.4, -0.2) is 33.4 Å². The Bertz CT molecular complexity index is 580. The molecule has 2 aliphatic heterocycles. The highest BCUT2D eigenvalue weighted by Gasteiger charge is 2.52. The van der Waals surface area contributed by atoms with E-state index in [0.29, 0.717) is 22.9 Å². The van der Waals surface area contributed by atoms with Gasteiger partial charge in [0.2, 0.25) is 11.8 Å². The molecule has 20 heavy (non-hydrogen) atoms. The summed E-state index contributed by atoms with van der Waals surface area (Å²) in [5, 5.41) is 3.42. The standard InChI is InChI=1S/C14H15ClN2O2S/c1-14-6-5-12(18)17(14)11(8-20-14)13(19)16-10-4-2-3-9(15)7-10/h2-4,7,11H,5-6,8H2,1H3,(H,16,19)/t11-,14-/m0/s1. The van der Waals surface area contributed by atoms with E-state index in [1.165, 1.54) is 0 Å². The SMILES string of the molecule is C[C@]12CCC(=O)N1[C@H](C(=O)Nc1cccc(Cl)c1)CS2. The Labute approximate surface area is 126 Å². The second-order valence-corrected chi connectivity index (χ2v) is 7.20. The molecule has 4 nitrogen and oxygen atoms in total. The fourth-order valence-corrected chi connectivity index (χ4v) is 4.43. The summed E-state index contributed by atoms with van der Waals surface area (Å²) in [6, 6.07) is 6.64. The minimum Gasteiger partial charge on any atom is -0.324 e. The molecule has 0 bridgehead atoms. The molecular formula is C14H15ClN2O2S. The predicted molar refractivity (Wildman–Crippen MR) is 80.8 cm³/mol. The lowest BCUT2D eigenvalue weighted by molar-refractivity contribution is -0.135. The Hall–Kier alpha value is -1.20. The fraction of sp³-hybridized carbons (Fsp3) is 0.429. The summed E-state index contributed by atoms with van der Waals surface area (Å²) in [4.78, 5) is 25.9. The van der Waals surface area contributed by atoms with E-state index in [1.807, 2.05) is 6.92 Å². The lowest BCUT2D eigenvalue weighted by atomic mass is 10.2. The van der Waals surface area contributed by atoms with Gasteiger partial charge in [-0.2, -0.15) is 0 Å². The van der Waals surface area contributed by atoms with Gasteiger partial charge >= 0.3 is 0 Å². The first-order valence-electron chi connectivity index (χ1n) is 6.52. The summed E-state index contributed by atoms with van der Waals surface area (Å²) >= 11 is 7.59. The molecule has 0 spiro atoms. The van der Waals surface area contributed by atoms with Crippen LogP contribution in [-0.2, 0) is 9.59 Å². The van der Waals surface area contributed by atoms with Crippen molar-refractivity contribution in [2.24, 2.45) is 0 Å². The third kappa shape index (κ3) is 2.29. The number of carbonyl (C=O) groups is 2. The van der Waals surface area contributed by atoms with Gasteiger partial charge in [0.05, 0.1) is 4.87 Å². The van der Waals surface area contributed by atoms with Gasteiger partial charge in [0.15, 0.2) is 0 Å². The minimum absolute atomic E-state index is 0.0729. The van der Waals surface area contributed by atoms with Crippen LogP contribution in [0.25, 0.3) is 0 Å². The quantitative estimate of drug-likeness (QED) is 0.914. The number of nitrogens with zero attached hydrogens (tertiary/aromatic N) is 1. The third-order valence-electron chi connectivity index (χ3n) is 3.84. The van der Waals surface area contributed by atoms with Gasteiger partial charge in [-0.1, -0.05) is 17.7 Å². The van der Waals surface area contributed by atoms with Crippen LogP contribution in [0, 0.1) is 0 Å². The molecule has 1 aromatic rings. The first-order valence-corrected chi connectivity index (χ1v) is 7.88. The number of nitrogens with one attached hydrogen (secondary N) is 1. The van der Waals surface area contributed by atoms with E-state index in [1.54, 1.807) is 40.9 Å². The highest BCUT2D eigenvalue weighted by Crippen LogP contribution is 2.47. The molecule has 6 heteroatoms. The zero-order valence-corrected chi connectivity index (χ0v) is 12.6. The van der Waals surface area contributed by atoms with Crippen molar-refractivity contribution in [1.82, 2.24) is 4.90 Å². The molecule has 2 aliphatic rings. The topological polar surface area (TPSA) is 49.4 Å². The summed E-state index contributed by atoms with van der Waals surface area (Å²) in [7, 11) is 0. The van der Waals surface area contributed by atoms with Crippen LogP contribution in [0.15, 0.2) is 24.3 Å². The number of benzene rings is 1. The van der Waals surface area contributed by atoms with Gasteiger partial charge in [0, 0.05) is 22.9 Å². The van der Waals surface area contributed by atoms with Gasteiger partial charge in [-0.05, 0) is 31.5 Å². The van der Waals surface area contributed by atoms with Crippen LogP contribution in [0.5, 0.6) is 0 Å². The lowest BCUT2D eigenvalue weighted by Gasteiger charge is -2.29. The number of hydrogen-bond donors (Lipinski definition) is 1. The van der Waals surface area contributed by atoms with Crippen molar-refractivity contribution in [3.8, 4) is 0 Å². The Balaban J connectivity index is 1.76. The number of anilines is 1. The van der Waals surface area contributed by atoms with Crippen molar-refractivity contribution >= 4 is 40.9 Å². The molecule has 0 aromatic heterocycles. The van der Waals surface area contributed by atoms with Crippen molar-refractivity contribution in [3.05, 3.63) is 29.3 Å². The second-order valence-electron chi connectivity index (χ2n) is 5.27. The smallest absolute Gasteiger partial charge is 0.248 e. The van der Waals surface area contributed by atoms with Gasteiger partial charge < -0.3 is 10.2 Å². The van der Waals surface area contributed by atoms with E-state index in [9.17, 15) is 9.59 Å². The second kappa shape index (κ2) is 4.97. The van der Waals surface area contributed by atoms with Gasteiger partial charge in [0.25, 0.3) is 0 Å². The number of fused-ring (bicyclic) bond motifs is 1. The van der Waals surface area contributed by atoms with Crippen LogP contribution in [0.2, 0.25) is 5.02 Å². The van der Waals surface area contributed by atoms with Crippen molar-refractivity contribution in [2.75, 3.05) is 11.1 Å². The van der Waals surface area contributed by atoms with Gasteiger partial charge in [-0.25, -0.2) is 0 Å². The Kier molecular flexibility index (Phi) is 3.42. The van der Waals surface area contributed by atoms with Crippen LogP contribution in [0.4, 0.5) is 5.69 Å². The van der Waals surface area contributed by atoms with E-state index in [2.05, 4.69) is 5.32 Å². The van der Waals surface area contributed by atoms with E-state index >= 15 is 0 Å². The molecule has 2 heterocycles. The highest BCUT2D eigenvalue weighted by atomic mass is 35.5. The Morgan fingerprint density at radius 3 is 3.10 bits per heavy atom. The van der Waals surface area contributed by atoms with Crippen LogP contribution in [0.3, 0.4) is 0 Å². The molecular weight excluding hydrogens is 296 g/mol. The van der Waals surface area contributed by atoms with Crippen molar-refractivity contribution in [1.29, 1.82) is 0 Å².